The van der Waals surface area contributed by atoms with E-state index in [0.29, 0.717) is 6.10 Å². The highest BCUT2D eigenvalue weighted by Gasteiger charge is 2.15. The third kappa shape index (κ3) is 4.43. The van der Waals surface area contributed by atoms with Crippen LogP contribution in [0.5, 0.6) is 0 Å². The minimum Gasteiger partial charge on any atom is -0.378 e. The molecule has 4 heteroatoms. The van der Waals surface area contributed by atoms with Crippen molar-refractivity contribution >= 4 is 0 Å². The number of nitrogens with zero attached hydrogens (tertiary/aromatic N) is 3. The highest BCUT2D eigenvalue weighted by atomic mass is 16.5. The SMILES string of the molecule is Cc1ccc(-n2cccn2)c(CN(C)CCC[C@H]2CCCO2)c1. The molecule has 0 saturated carbocycles. The zero-order valence-corrected chi connectivity index (χ0v) is 14.2. The predicted octanol–water partition coefficient (Wildman–Crippen LogP) is 3.57. The second kappa shape index (κ2) is 7.75. The van der Waals surface area contributed by atoms with Crippen LogP contribution in [0.3, 0.4) is 0 Å². The van der Waals surface area contributed by atoms with Crippen LogP contribution in [-0.4, -0.2) is 41.0 Å². The number of ether oxygens (including phenoxy) is 1. The first-order valence-electron chi connectivity index (χ1n) is 8.62. The van der Waals surface area contributed by atoms with E-state index >= 15 is 0 Å². The van der Waals surface area contributed by atoms with E-state index in [1.165, 1.54) is 42.5 Å². The molecule has 1 aromatic carbocycles. The molecule has 1 fully saturated rings. The van der Waals surface area contributed by atoms with Crippen molar-refractivity contribution in [3.8, 4) is 5.69 Å². The molecule has 1 atom stereocenters. The highest BCUT2D eigenvalue weighted by molar-refractivity contribution is 5.42. The van der Waals surface area contributed by atoms with Crippen molar-refractivity contribution in [1.29, 1.82) is 0 Å². The minimum atomic E-state index is 0.502. The molecule has 1 aromatic heterocycles. The van der Waals surface area contributed by atoms with Crippen LogP contribution in [-0.2, 0) is 11.3 Å². The maximum Gasteiger partial charge on any atom is 0.0690 e. The first kappa shape index (κ1) is 16.2. The van der Waals surface area contributed by atoms with Crippen molar-refractivity contribution in [2.75, 3.05) is 20.2 Å². The molecular weight excluding hydrogens is 286 g/mol. The van der Waals surface area contributed by atoms with Crippen LogP contribution in [0.4, 0.5) is 0 Å². The van der Waals surface area contributed by atoms with E-state index in [-0.39, 0.29) is 0 Å². The fraction of sp³-hybridized carbons (Fsp3) is 0.526. The van der Waals surface area contributed by atoms with E-state index in [0.717, 1.165) is 19.7 Å². The fourth-order valence-electron chi connectivity index (χ4n) is 3.31. The van der Waals surface area contributed by atoms with Gasteiger partial charge in [-0.05, 0) is 63.9 Å². The molecule has 23 heavy (non-hydrogen) atoms. The normalized spacial score (nSPS) is 18.0. The maximum absolute atomic E-state index is 5.71. The molecular formula is C19H27N3O. The van der Waals surface area contributed by atoms with Gasteiger partial charge in [0, 0.05) is 25.5 Å². The lowest BCUT2D eigenvalue weighted by Crippen LogP contribution is -2.21. The van der Waals surface area contributed by atoms with Gasteiger partial charge in [0.25, 0.3) is 0 Å². The summed E-state index contributed by atoms with van der Waals surface area (Å²) in [6, 6.07) is 8.55. The average Bonchev–Trinajstić information content (AvgIpc) is 3.20. The third-order valence-corrected chi connectivity index (χ3v) is 4.52. The quantitative estimate of drug-likeness (QED) is 0.783. The summed E-state index contributed by atoms with van der Waals surface area (Å²) in [4.78, 5) is 2.40. The molecule has 0 N–H and O–H groups in total. The standard InChI is InChI=1S/C19H27N3O/c1-16-8-9-19(22-12-5-10-20-22)17(14-16)15-21(2)11-3-6-18-7-4-13-23-18/h5,8-10,12,14,18H,3-4,6-7,11,13,15H2,1-2H3/t18-/m0/s1. The average molecular weight is 313 g/mol. The Balaban J connectivity index is 1.59. The number of aromatic nitrogens is 2. The Kier molecular flexibility index (Phi) is 5.47. The predicted molar refractivity (Wildman–Crippen MR) is 92.8 cm³/mol. The van der Waals surface area contributed by atoms with Gasteiger partial charge in [0.1, 0.15) is 0 Å². The minimum absolute atomic E-state index is 0.502. The van der Waals surface area contributed by atoms with Crippen molar-refractivity contribution < 1.29 is 4.74 Å². The van der Waals surface area contributed by atoms with E-state index in [1.807, 2.05) is 23.1 Å². The Morgan fingerprint density at radius 2 is 2.30 bits per heavy atom. The van der Waals surface area contributed by atoms with Gasteiger partial charge in [-0.15, -0.1) is 0 Å². The molecule has 0 aliphatic carbocycles. The number of rotatable bonds is 7. The number of benzene rings is 1. The van der Waals surface area contributed by atoms with Gasteiger partial charge in [0.05, 0.1) is 11.8 Å². The van der Waals surface area contributed by atoms with E-state index in [9.17, 15) is 0 Å². The van der Waals surface area contributed by atoms with Gasteiger partial charge in [-0.1, -0.05) is 17.7 Å². The van der Waals surface area contributed by atoms with Gasteiger partial charge < -0.3 is 9.64 Å². The van der Waals surface area contributed by atoms with Gasteiger partial charge in [-0.25, -0.2) is 4.68 Å². The summed E-state index contributed by atoms with van der Waals surface area (Å²) in [6.07, 6.45) is 9.19. The Hall–Kier alpha value is -1.65. The largest absolute Gasteiger partial charge is 0.378 e. The van der Waals surface area contributed by atoms with Gasteiger partial charge in [0.2, 0.25) is 0 Å². The zero-order valence-electron chi connectivity index (χ0n) is 14.2. The maximum atomic E-state index is 5.71. The molecule has 4 nitrogen and oxygen atoms in total. The van der Waals surface area contributed by atoms with Gasteiger partial charge in [0.15, 0.2) is 0 Å². The smallest absolute Gasteiger partial charge is 0.0690 e. The van der Waals surface area contributed by atoms with Crippen LogP contribution in [0, 0.1) is 6.92 Å². The lowest BCUT2D eigenvalue weighted by Gasteiger charge is -2.20. The monoisotopic (exact) mass is 313 g/mol. The van der Waals surface area contributed by atoms with Crippen molar-refractivity contribution in [3.63, 3.8) is 0 Å². The van der Waals surface area contributed by atoms with E-state index < -0.39 is 0 Å². The molecule has 1 saturated heterocycles. The number of hydrogen-bond donors (Lipinski definition) is 0. The molecule has 0 amide bonds. The topological polar surface area (TPSA) is 30.3 Å². The molecule has 1 aliphatic rings. The summed E-state index contributed by atoms with van der Waals surface area (Å²) in [5, 5.41) is 4.38. The van der Waals surface area contributed by atoms with Crippen molar-refractivity contribution in [3.05, 3.63) is 47.8 Å². The Labute approximate surface area is 139 Å². The summed E-state index contributed by atoms with van der Waals surface area (Å²) < 4.78 is 7.66. The third-order valence-electron chi connectivity index (χ3n) is 4.52. The van der Waals surface area contributed by atoms with Crippen molar-refractivity contribution in [1.82, 2.24) is 14.7 Å². The van der Waals surface area contributed by atoms with Crippen LogP contribution in [0.15, 0.2) is 36.7 Å². The molecule has 2 aromatic rings. The van der Waals surface area contributed by atoms with Crippen LogP contribution in [0.1, 0.15) is 36.8 Å². The molecule has 3 rings (SSSR count). The van der Waals surface area contributed by atoms with E-state index in [2.05, 4.69) is 42.2 Å². The van der Waals surface area contributed by atoms with Crippen LogP contribution < -0.4 is 0 Å². The van der Waals surface area contributed by atoms with Crippen molar-refractivity contribution in [2.45, 2.75) is 45.3 Å². The Morgan fingerprint density at radius 1 is 1.39 bits per heavy atom. The summed E-state index contributed by atoms with van der Waals surface area (Å²) in [7, 11) is 2.20. The molecule has 2 heterocycles. The Bertz CT molecular complexity index is 603. The zero-order chi connectivity index (χ0) is 16.1. The molecule has 1 aliphatic heterocycles. The highest BCUT2D eigenvalue weighted by Crippen LogP contribution is 2.19. The van der Waals surface area contributed by atoms with Crippen LogP contribution in [0.2, 0.25) is 0 Å². The lowest BCUT2D eigenvalue weighted by atomic mass is 10.1. The van der Waals surface area contributed by atoms with E-state index in [4.69, 9.17) is 4.74 Å². The van der Waals surface area contributed by atoms with Crippen LogP contribution in [0.25, 0.3) is 5.69 Å². The second-order valence-electron chi connectivity index (χ2n) is 6.60. The molecule has 0 radical (unpaired) electrons. The first-order valence-corrected chi connectivity index (χ1v) is 8.62. The number of hydrogen-bond acceptors (Lipinski definition) is 3. The Morgan fingerprint density at radius 3 is 3.04 bits per heavy atom. The van der Waals surface area contributed by atoms with Crippen LogP contribution >= 0.6 is 0 Å². The second-order valence-corrected chi connectivity index (χ2v) is 6.60. The van der Waals surface area contributed by atoms with Gasteiger partial charge in [-0.3, -0.25) is 0 Å². The van der Waals surface area contributed by atoms with Gasteiger partial charge in [-0.2, -0.15) is 5.10 Å². The molecule has 0 unspecified atom stereocenters. The fourth-order valence-corrected chi connectivity index (χ4v) is 3.31. The summed E-state index contributed by atoms with van der Waals surface area (Å²) in [5.41, 5.74) is 3.79. The molecule has 124 valence electrons. The summed E-state index contributed by atoms with van der Waals surface area (Å²) in [6.45, 7) is 5.15. The summed E-state index contributed by atoms with van der Waals surface area (Å²) >= 11 is 0. The molecule has 0 spiro atoms. The first-order chi connectivity index (χ1) is 11.2. The van der Waals surface area contributed by atoms with Gasteiger partial charge >= 0.3 is 0 Å². The summed E-state index contributed by atoms with van der Waals surface area (Å²) in [5.74, 6) is 0. The van der Waals surface area contributed by atoms with Crippen molar-refractivity contribution in [2.24, 2.45) is 0 Å². The number of aryl methyl sites for hydroxylation is 1. The van der Waals surface area contributed by atoms with E-state index in [1.54, 1.807) is 0 Å². The molecule has 0 bridgehead atoms. The lowest BCUT2D eigenvalue weighted by molar-refractivity contribution is 0.0995.